The number of benzene rings is 2. The first-order chi connectivity index (χ1) is 13.8. The maximum atomic E-state index is 12.8. The first-order valence-corrected chi connectivity index (χ1v) is 11.5. The van der Waals surface area contributed by atoms with Gasteiger partial charge in [-0.15, -0.1) is 0 Å². The van der Waals surface area contributed by atoms with Gasteiger partial charge in [0.2, 0.25) is 0 Å². The van der Waals surface area contributed by atoms with Crippen molar-refractivity contribution in [1.82, 2.24) is 15.1 Å². The minimum Gasteiger partial charge on any atom is -0.346 e. The Balaban J connectivity index is 1.58. The minimum atomic E-state index is -3.37. The van der Waals surface area contributed by atoms with E-state index in [0.29, 0.717) is 12.1 Å². The molecule has 1 amide bonds. The van der Waals surface area contributed by atoms with Gasteiger partial charge in [0, 0.05) is 17.5 Å². The van der Waals surface area contributed by atoms with Gasteiger partial charge in [-0.05, 0) is 61.6 Å². The molecule has 150 valence electrons. The van der Waals surface area contributed by atoms with Crippen molar-refractivity contribution < 1.29 is 13.2 Å². The molecule has 2 aromatic carbocycles. The molecule has 0 aliphatic heterocycles. The highest BCUT2D eigenvalue weighted by Gasteiger charge is 2.23. The number of para-hydroxylation sites is 1. The molecule has 0 saturated heterocycles. The lowest BCUT2D eigenvalue weighted by Crippen LogP contribution is -2.24. The summed E-state index contributed by atoms with van der Waals surface area (Å²) in [6.45, 7) is 2.10. The molecule has 3 aromatic rings. The second-order valence-corrected chi connectivity index (χ2v) is 9.42. The topological polar surface area (TPSA) is 81.1 Å². The Morgan fingerprint density at radius 2 is 1.90 bits per heavy atom. The van der Waals surface area contributed by atoms with E-state index in [2.05, 4.69) is 5.32 Å². The predicted octanol–water partition coefficient (Wildman–Crippen LogP) is 3.00. The van der Waals surface area contributed by atoms with Crippen LogP contribution in [0.5, 0.6) is 0 Å². The fourth-order valence-electron chi connectivity index (χ4n) is 3.77. The number of rotatable bonds is 5. The van der Waals surface area contributed by atoms with Crippen molar-refractivity contribution in [2.45, 2.75) is 37.6 Å². The van der Waals surface area contributed by atoms with Crippen molar-refractivity contribution in [1.29, 1.82) is 0 Å². The molecule has 1 aromatic heterocycles. The highest BCUT2D eigenvalue weighted by Crippen LogP contribution is 2.28. The Labute approximate surface area is 170 Å². The van der Waals surface area contributed by atoms with E-state index >= 15 is 0 Å². The number of amides is 1. The van der Waals surface area contributed by atoms with Gasteiger partial charge in [-0.2, -0.15) is 5.10 Å². The molecule has 7 heteroatoms. The first kappa shape index (κ1) is 19.4. The summed E-state index contributed by atoms with van der Waals surface area (Å²) in [6.07, 6.45) is 4.14. The van der Waals surface area contributed by atoms with Crippen molar-refractivity contribution in [3.63, 3.8) is 0 Å². The van der Waals surface area contributed by atoms with Crippen LogP contribution in [-0.2, 0) is 29.2 Å². The molecule has 0 bridgehead atoms. The Hall–Kier alpha value is -2.93. The van der Waals surface area contributed by atoms with Gasteiger partial charge in [-0.3, -0.25) is 4.79 Å². The molecule has 1 heterocycles. The monoisotopic (exact) mass is 409 g/mol. The standard InChI is InChI=1S/C22H23N3O3S/c1-15-11-12-17(29(2,27)28)13-19(15)22(26)23-14-20-18-9-6-10-21(18)25(24-20)16-7-4-3-5-8-16/h3-5,7-8,11-13H,6,9-10,14H2,1-2H3,(H,23,26). The third-order valence-corrected chi connectivity index (χ3v) is 6.42. The lowest BCUT2D eigenvalue weighted by molar-refractivity contribution is 0.0949. The number of sulfone groups is 1. The van der Waals surface area contributed by atoms with Gasteiger partial charge < -0.3 is 5.32 Å². The first-order valence-electron chi connectivity index (χ1n) is 9.58. The summed E-state index contributed by atoms with van der Waals surface area (Å²) in [4.78, 5) is 12.9. The smallest absolute Gasteiger partial charge is 0.251 e. The van der Waals surface area contributed by atoms with Crippen molar-refractivity contribution in [2.24, 2.45) is 0 Å². The van der Waals surface area contributed by atoms with Gasteiger partial charge in [-0.1, -0.05) is 24.3 Å². The average molecular weight is 410 g/mol. The summed E-state index contributed by atoms with van der Waals surface area (Å²) in [5.74, 6) is -0.297. The maximum absolute atomic E-state index is 12.8. The van der Waals surface area contributed by atoms with Crippen molar-refractivity contribution in [3.05, 3.63) is 76.6 Å². The van der Waals surface area contributed by atoms with Crippen LogP contribution in [0.15, 0.2) is 53.4 Å². The van der Waals surface area contributed by atoms with E-state index in [1.54, 1.807) is 13.0 Å². The second-order valence-electron chi connectivity index (χ2n) is 7.40. The second kappa shape index (κ2) is 7.48. The number of fused-ring (bicyclic) bond motifs is 1. The number of aromatic nitrogens is 2. The van der Waals surface area contributed by atoms with E-state index in [4.69, 9.17) is 5.10 Å². The minimum absolute atomic E-state index is 0.141. The highest BCUT2D eigenvalue weighted by molar-refractivity contribution is 7.90. The van der Waals surface area contributed by atoms with E-state index < -0.39 is 9.84 Å². The van der Waals surface area contributed by atoms with Crippen LogP contribution in [-0.4, -0.2) is 30.4 Å². The molecule has 1 N–H and O–H groups in total. The lowest BCUT2D eigenvalue weighted by atomic mass is 10.1. The van der Waals surface area contributed by atoms with Crippen molar-refractivity contribution in [2.75, 3.05) is 6.26 Å². The molecule has 0 spiro atoms. The molecule has 29 heavy (non-hydrogen) atoms. The van der Waals surface area contributed by atoms with Gasteiger partial charge in [0.1, 0.15) is 0 Å². The zero-order chi connectivity index (χ0) is 20.6. The number of nitrogens with one attached hydrogen (secondary N) is 1. The fraction of sp³-hybridized carbons (Fsp3) is 0.273. The molecule has 0 atom stereocenters. The number of hydrogen-bond acceptors (Lipinski definition) is 4. The molecule has 0 radical (unpaired) electrons. The zero-order valence-electron chi connectivity index (χ0n) is 16.5. The van der Waals surface area contributed by atoms with Gasteiger partial charge in [-0.25, -0.2) is 13.1 Å². The summed E-state index contributed by atoms with van der Waals surface area (Å²) < 4.78 is 25.6. The molecular weight excluding hydrogens is 386 g/mol. The molecule has 1 aliphatic carbocycles. The van der Waals surface area contributed by atoms with Crippen molar-refractivity contribution in [3.8, 4) is 5.69 Å². The predicted molar refractivity (Wildman–Crippen MR) is 111 cm³/mol. The molecule has 4 rings (SSSR count). The summed E-state index contributed by atoms with van der Waals surface area (Å²) in [7, 11) is -3.37. The Morgan fingerprint density at radius 3 is 2.62 bits per heavy atom. The van der Waals surface area contributed by atoms with Crippen LogP contribution in [0.1, 0.15) is 39.3 Å². The van der Waals surface area contributed by atoms with E-state index in [9.17, 15) is 13.2 Å². The van der Waals surface area contributed by atoms with Gasteiger partial charge in [0.25, 0.3) is 5.91 Å². The van der Waals surface area contributed by atoms with Crippen LogP contribution in [0.2, 0.25) is 0 Å². The van der Waals surface area contributed by atoms with E-state index in [0.717, 1.165) is 42.5 Å². The van der Waals surface area contributed by atoms with E-state index in [1.807, 2.05) is 35.0 Å². The van der Waals surface area contributed by atoms with Crippen LogP contribution in [0.25, 0.3) is 5.69 Å². The van der Waals surface area contributed by atoms with E-state index in [1.165, 1.54) is 23.4 Å². The molecular formula is C22H23N3O3S. The van der Waals surface area contributed by atoms with E-state index in [-0.39, 0.29) is 10.8 Å². The number of aryl methyl sites for hydroxylation is 1. The summed E-state index contributed by atoms with van der Waals surface area (Å²) in [5.41, 5.74) is 5.39. The summed E-state index contributed by atoms with van der Waals surface area (Å²) in [6, 6.07) is 14.6. The number of nitrogens with zero attached hydrogens (tertiary/aromatic N) is 2. The van der Waals surface area contributed by atoms with Crippen LogP contribution in [0, 0.1) is 6.92 Å². The van der Waals surface area contributed by atoms with Gasteiger partial charge >= 0.3 is 0 Å². The molecule has 0 fully saturated rings. The lowest BCUT2D eigenvalue weighted by Gasteiger charge is -2.09. The number of hydrogen-bond donors (Lipinski definition) is 1. The van der Waals surface area contributed by atoms with Crippen LogP contribution in [0.3, 0.4) is 0 Å². The average Bonchev–Trinajstić information content (AvgIpc) is 3.29. The molecule has 0 unspecified atom stereocenters. The zero-order valence-corrected chi connectivity index (χ0v) is 17.3. The van der Waals surface area contributed by atoms with Crippen molar-refractivity contribution >= 4 is 15.7 Å². The number of carbonyl (C=O) groups excluding carboxylic acids is 1. The fourth-order valence-corrected chi connectivity index (χ4v) is 4.42. The molecule has 1 aliphatic rings. The quantitative estimate of drug-likeness (QED) is 0.702. The van der Waals surface area contributed by atoms with Crippen LogP contribution < -0.4 is 5.32 Å². The van der Waals surface area contributed by atoms with Gasteiger partial charge in [0.15, 0.2) is 9.84 Å². The molecule has 6 nitrogen and oxygen atoms in total. The largest absolute Gasteiger partial charge is 0.346 e. The summed E-state index contributed by atoms with van der Waals surface area (Å²) in [5, 5.41) is 7.67. The van der Waals surface area contributed by atoms with Gasteiger partial charge in [0.05, 0.1) is 22.8 Å². The Bertz CT molecular complexity index is 1180. The SMILES string of the molecule is Cc1ccc(S(C)(=O)=O)cc1C(=O)NCc1nn(-c2ccccc2)c2c1CCC2. The normalized spacial score (nSPS) is 13.3. The Morgan fingerprint density at radius 1 is 1.14 bits per heavy atom. The number of carbonyl (C=O) groups is 1. The van der Waals surface area contributed by atoms with Crippen LogP contribution in [0.4, 0.5) is 0 Å². The highest BCUT2D eigenvalue weighted by atomic mass is 32.2. The Kier molecular flexibility index (Phi) is 5.00. The third kappa shape index (κ3) is 3.82. The molecule has 0 saturated carbocycles. The van der Waals surface area contributed by atoms with Crippen LogP contribution >= 0.6 is 0 Å². The maximum Gasteiger partial charge on any atom is 0.251 e. The third-order valence-electron chi connectivity index (χ3n) is 5.31. The summed E-state index contributed by atoms with van der Waals surface area (Å²) >= 11 is 0.